The van der Waals surface area contributed by atoms with Gasteiger partial charge in [0.1, 0.15) is 6.61 Å². The van der Waals surface area contributed by atoms with E-state index < -0.39 is 0 Å². The van der Waals surface area contributed by atoms with Gasteiger partial charge < -0.3 is 14.2 Å². The van der Waals surface area contributed by atoms with Crippen molar-refractivity contribution in [2.75, 3.05) is 33.0 Å². The Labute approximate surface area is 116 Å². The topological polar surface area (TPSA) is 44.8 Å². The number of carbonyl (C=O) groups excluding carboxylic acids is 1. The molecule has 0 fully saturated rings. The molecule has 0 aliphatic rings. The highest BCUT2D eigenvalue weighted by molar-refractivity contribution is 5.92. The van der Waals surface area contributed by atoms with E-state index in [9.17, 15) is 4.79 Å². The first-order valence-electron chi connectivity index (χ1n) is 6.64. The molecule has 0 aromatic heterocycles. The Morgan fingerprint density at radius 3 is 2.05 bits per heavy atom. The molecule has 0 unspecified atom stereocenters. The van der Waals surface area contributed by atoms with Crippen LogP contribution in [0.3, 0.4) is 0 Å². The molecule has 0 amide bonds. The summed E-state index contributed by atoms with van der Waals surface area (Å²) in [5, 5.41) is 0. The lowest BCUT2D eigenvalue weighted by molar-refractivity contribution is -0.140. The van der Waals surface area contributed by atoms with Gasteiger partial charge in [-0.25, -0.2) is 4.79 Å². The van der Waals surface area contributed by atoms with E-state index in [0.29, 0.717) is 32.0 Å². The van der Waals surface area contributed by atoms with Crippen molar-refractivity contribution in [1.29, 1.82) is 0 Å². The highest BCUT2D eigenvalue weighted by Crippen LogP contribution is 2.10. The SMILES string of the molecule is CCOCCOCCOC(=O)C(C=C(C)C)=C(C)C. The third kappa shape index (κ3) is 9.45. The van der Waals surface area contributed by atoms with Crippen LogP contribution in [0.2, 0.25) is 0 Å². The second kappa shape index (κ2) is 10.8. The van der Waals surface area contributed by atoms with Crippen molar-refractivity contribution >= 4 is 5.97 Å². The van der Waals surface area contributed by atoms with Crippen LogP contribution >= 0.6 is 0 Å². The van der Waals surface area contributed by atoms with Crippen LogP contribution in [-0.4, -0.2) is 39.0 Å². The highest BCUT2D eigenvalue weighted by atomic mass is 16.6. The Kier molecular flexibility index (Phi) is 10.1. The van der Waals surface area contributed by atoms with Gasteiger partial charge in [-0.05, 0) is 40.7 Å². The second-order valence-electron chi connectivity index (χ2n) is 4.58. The Morgan fingerprint density at radius 1 is 0.947 bits per heavy atom. The van der Waals surface area contributed by atoms with Gasteiger partial charge in [-0.3, -0.25) is 0 Å². The summed E-state index contributed by atoms with van der Waals surface area (Å²) >= 11 is 0. The summed E-state index contributed by atoms with van der Waals surface area (Å²) in [7, 11) is 0. The van der Waals surface area contributed by atoms with E-state index in [1.54, 1.807) is 0 Å². The molecule has 0 saturated heterocycles. The molecule has 0 saturated carbocycles. The lowest BCUT2D eigenvalue weighted by Gasteiger charge is -2.08. The zero-order valence-electron chi connectivity index (χ0n) is 12.7. The maximum atomic E-state index is 11.9. The summed E-state index contributed by atoms with van der Waals surface area (Å²) in [4.78, 5) is 11.9. The van der Waals surface area contributed by atoms with Crippen LogP contribution in [0.15, 0.2) is 22.8 Å². The number of carbonyl (C=O) groups is 1. The van der Waals surface area contributed by atoms with E-state index in [-0.39, 0.29) is 12.6 Å². The van der Waals surface area contributed by atoms with Gasteiger partial charge in [-0.15, -0.1) is 0 Å². The van der Waals surface area contributed by atoms with Gasteiger partial charge in [0.05, 0.1) is 25.4 Å². The van der Waals surface area contributed by atoms with E-state index in [2.05, 4.69) is 0 Å². The minimum absolute atomic E-state index is 0.262. The van der Waals surface area contributed by atoms with E-state index in [1.165, 1.54) is 0 Å². The Hall–Kier alpha value is -1.13. The minimum atomic E-state index is -0.297. The largest absolute Gasteiger partial charge is 0.460 e. The molecule has 110 valence electrons. The Bertz CT molecular complexity index is 321. The summed E-state index contributed by atoms with van der Waals surface area (Å²) in [6.07, 6.45) is 1.84. The van der Waals surface area contributed by atoms with Crippen molar-refractivity contribution in [1.82, 2.24) is 0 Å². The molecule has 0 N–H and O–H groups in total. The summed E-state index contributed by atoms with van der Waals surface area (Å²) in [6, 6.07) is 0. The predicted octanol–water partition coefficient (Wildman–Crippen LogP) is 2.89. The van der Waals surface area contributed by atoms with Crippen LogP contribution in [0, 0.1) is 0 Å². The van der Waals surface area contributed by atoms with Crippen LogP contribution in [0.25, 0.3) is 0 Å². The maximum Gasteiger partial charge on any atom is 0.338 e. The zero-order valence-corrected chi connectivity index (χ0v) is 12.7. The number of hydrogen-bond acceptors (Lipinski definition) is 4. The van der Waals surface area contributed by atoms with Crippen molar-refractivity contribution < 1.29 is 19.0 Å². The second-order valence-corrected chi connectivity index (χ2v) is 4.58. The van der Waals surface area contributed by atoms with Crippen LogP contribution < -0.4 is 0 Å². The lowest BCUT2D eigenvalue weighted by atomic mass is 10.1. The molecule has 0 atom stereocenters. The van der Waals surface area contributed by atoms with Crippen LogP contribution in [0.1, 0.15) is 34.6 Å². The maximum absolute atomic E-state index is 11.9. The van der Waals surface area contributed by atoms with Gasteiger partial charge in [0.25, 0.3) is 0 Å². The minimum Gasteiger partial charge on any atom is -0.460 e. The molecule has 0 heterocycles. The molecule has 0 spiro atoms. The Morgan fingerprint density at radius 2 is 1.53 bits per heavy atom. The molecule has 4 heteroatoms. The fourth-order valence-electron chi connectivity index (χ4n) is 1.33. The summed E-state index contributed by atoms with van der Waals surface area (Å²) < 4.78 is 15.6. The van der Waals surface area contributed by atoms with Gasteiger partial charge in [0, 0.05) is 6.61 Å². The predicted molar refractivity (Wildman–Crippen MR) is 76.1 cm³/mol. The van der Waals surface area contributed by atoms with Crippen LogP contribution in [0.5, 0.6) is 0 Å². The summed E-state index contributed by atoms with van der Waals surface area (Å²) in [6.45, 7) is 12.1. The number of hydrogen-bond donors (Lipinski definition) is 0. The fraction of sp³-hybridized carbons (Fsp3) is 0.667. The molecule has 0 rings (SSSR count). The quantitative estimate of drug-likeness (QED) is 0.280. The molecule has 0 radical (unpaired) electrons. The van der Waals surface area contributed by atoms with Gasteiger partial charge >= 0.3 is 5.97 Å². The summed E-state index contributed by atoms with van der Waals surface area (Å²) in [5.74, 6) is -0.297. The average Bonchev–Trinajstić information content (AvgIpc) is 2.34. The monoisotopic (exact) mass is 270 g/mol. The van der Waals surface area contributed by atoms with Crippen molar-refractivity contribution in [3.8, 4) is 0 Å². The van der Waals surface area contributed by atoms with Gasteiger partial charge in [-0.1, -0.05) is 11.1 Å². The molecule has 0 aromatic rings. The average molecular weight is 270 g/mol. The smallest absolute Gasteiger partial charge is 0.338 e. The number of rotatable bonds is 9. The van der Waals surface area contributed by atoms with Gasteiger partial charge in [0.15, 0.2) is 0 Å². The fourth-order valence-corrected chi connectivity index (χ4v) is 1.33. The zero-order chi connectivity index (χ0) is 14.7. The molecule has 0 aliphatic carbocycles. The van der Waals surface area contributed by atoms with Crippen LogP contribution in [0.4, 0.5) is 0 Å². The molecule has 0 aromatic carbocycles. The molecular formula is C15H26O4. The van der Waals surface area contributed by atoms with Gasteiger partial charge in [-0.2, -0.15) is 0 Å². The molecule has 4 nitrogen and oxygen atoms in total. The third-order valence-corrected chi connectivity index (χ3v) is 2.23. The van der Waals surface area contributed by atoms with Crippen molar-refractivity contribution in [2.45, 2.75) is 34.6 Å². The van der Waals surface area contributed by atoms with Crippen molar-refractivity contribution in [3.63, 3.8) is 0 Å². The third-order valence-electron chi connectivity index (χ3n) is 2.23. The highest BCUT2D eigenvalue weighted by Gasteiger charge is 2.09. The molecular weight excluding hydrogens is 244 g/mol. The van der Waals surface area contributed by atoms with Gasteiger partial charge in [0.2, 0.25) is 0 Å². The number of allylic oxidation sites excluding steroid dienone is 2. The van der Waals surface area contributed by atoms with E-state index in [0.717, 1.165) is 11.1 Å². The Balaban J connectivity index is 3.97. The standard InChI is InChI=1S/C15H26O4/c1-6-17-7-8-18-9-10-19-15(16)14(13(4)5)11-12(2)3/h11H,6-10H2,1-5H3. The molecule has 19 heavy (non-hydrogen) atoms. The van der Waals surface area contributed by atoms with Crippen molar-refractivity contribution in [2.24, 2.45) is 0 Å². The first kappa shape index (κ1) is 17.9. The number of esters is 1. The normalized spacial score (nSPS) is 9.95. The summed E-state index contributed by atoms with van der Waals surface area (Å²) in [5.41, 5.74) is 2.64. The van der Waals surface area contributed by atoms with Crippen molar-refractivity contribution in [3.05, 3.63) is 22.8 Å². The first-order chi connectivity index (χ1) is 8.99. The number of ether oxygens (including phenoxy) is 3. The van der Waals surface area contributed by atoms with Crippen LogP contribution in [-0.2, 0) is 19.0 Å². The molecule has 0 aliphatic heterocycles. The van der Waals surface area contributed by atoms with E-state index >= 15 is 0 Å². The first-order valence-corrected chi connectivity index (χ1v) is 6.64. The lowest BCUT2D eigenvalue weighted by Crippen LogP contribution is -2.14. The van der Waals surface area contributed by atoms with E-state index in [1.807, 2.05) is 40.7 Å². The van der Waals surface area contributed by atoms with E-state index in [4.69, 9.17) is 14.2 Å². The molecule has 0 bridgehead atoms.